The number of hydrogen-bond donors (Lipinski definition) is 0. The van der Waals surface area contributed by atoms with Crippen molar-refractivity contribution in [2.75, 3.05) is 20.8 Å². The average Bonchev–Trinajstić information content (AvgIpc) is 2.58. The maximum Gasteiger partial charge on any atom is 0.338 e. The van der Waals surface area contributed by atoms with Gasteiger partial charge in [-0.2, -0.15) is 0 Å². The Morgan fingerprint density at radius 1 is 1.08 bits per heavy atom. The number of rotatable bonds is 6. The molecule has 0 saturated carbocycles. The van der Waals surface area contributed by atoms with Crippen molar-refractivity contribution in [3.8, 4) is 11.5 Å². The van der Waals surface area contributed by atoms with Crippen LogP contribution in [0.5, 0.6) is 11.5 Å². The minimum Gasteiger partial charge on any atom is -0.493 e. The van der Waals surface area contributed by atoms with Gasteiger partial charge in [-0.15, -0.1) is 0 Å². The lowest BCUT2D eigenvalue weighted by Crippen LogP contribution is -2.14. The van der Waals surface area contributed by atoms with E-state index >= 15 is 0 Å². The Morgan fingerprint density at radius 3 is 2.46 bits per heavy atom. The lowest BCUT2D eigenvalue weighted by atomic mass is 10.1. The quantitative estimate of drug-likeness (QED) is 0.526. The Labute approximate surface area is 152 Å². The fourth-order valence-corrected chi connectivity index (χ4v) is 2.68. The topological polar surface area (TPSA) is 61.8 Å². The van der Waals surface area contributed by atoms with Crippen LogP contribution in [0.2, 0.25) is 5.02 Å². The molecule has 0 unspecified atom stereocenters. The summed E-state index contributed by atoms with van der Waals surface area (Å²) in [6.45, 7) is -0.374. The summed E-state index contributed by atoms with van der Waals surface area (Å²) in [5, 5.41) is 0.210. The summed E-state index contributed by atoms with van der Waals surface area (Å²) in [7, 11) is 2.87. The van der Waals surface area contributed by atoms with E-state index in [9.17, 15) is 9.59 Å². The molecule has 0 radical (unpaired) electrons. The molecule has 0 heterocycles. The van der Waals surface area contributed by atoms with E-state index < -0.39 is 5.97 Å². The first-order chi connectivity index (χ1) is 11.5. The Hall–Kier alpha value is -2.05. The van der Waals surface area contributed by atoms with Crippen LogP contribution in [0, 0.1) is 0 Å². The van der Waals surface area contributed by atoms with Crippen molar-refractivity contribution >= 4 is 39.3 Å². The van der Waals surface area contributed by atoms with E-state index in [4.69, 9.17) is 25.8 Å². The third-order valence-corrected chi connectivity index (χ3v) is 3.92. The zero-order valence-corrected chi connectivity index (χ0v) is 15.3. The Bertz CT molecular complexity index is 776. The summed E-state index contributed by atoms with van der Waals surface area (Å²) < 4.78 is 16.1. The van der Waals surface area contributed by atoms with Gasteiger partial charge in [-0.1, -0.05) is 39.7 Å². The lowest BCUT2D eigenvalue weighted by Gasteiger charge is -2.11. The highest BCUT2D eigenvalue weighted by Crippen LogP contribution is 2.36. The molecule has 2 rings (SSSR count). The van der Waals surface area contributed by atoms with E-state index in [1.54, 1.807) is 24.3 Å². The molecule has 0 aliphatic heterocycles. The van der Waals surface area contributed by atoms with E-state index in [2.05, 4.69) is 15.9 Å². The number of carbonyl (C=O) groups is 2. The van der Waals surface area contributed by atoms with Crippen LogP contribution >= 0.6 is 27.5 Å². The second kappa shape index (κ2) is 8.17. The van der Waals surface area contributed by atoms with E-state index in [0.717, 1.165) is 4.47 Å². The maximum atomic E-state index is 12.1. The van der Waals surface area contributed by atoms with Crippen LogP contribution in [0.4, 0.5) is 0 Å². The number of hydrogen-bond acceptors (Lipinski definition) is 5. The van der Waals surface area contributed by atoms with Crippen LogP contribution < -0.4 is 9.47 Å². The molecule has 0 aliphatic carbocycles. The summed E-state index contributed by atoms with van der Waals surface area (Å²) in [4.78, 5) is 24.2. The first-order valence-electron chi connectivity index (χ1n) is 6.83. The van der Waals surface area contributed by atoms with Gasteiger partial charge in [0.2, 0.25) is 0 Å². The fourth-order valence-electron chi connectivity index (χ4n) is 2.00. The van der Waals surface area contributed by atoms with Gasteiger partial charge in [0, 0.05) is 10.0 Å². The number of ketones is 1. The van der Waals surface area contributed by atoms with Gasteiger partial charge in [0.15, 0.2) is 23.9 Å². The van der Waals surface area contributed by atoms with E-state index in [1.807, 2.05) is 0 Å². The summed E-state index contributed by atoms with van der Waals surface area (Å²) >= 11 is 9.33. The number of ether oxygens (including phenoxy) is 3. The molecule has 5 nitrogen and oxygen atoms in total. The average molecular weight is 414 g/mol. The number of esters is 1. The van der Waals surface area contributed by atoms with Gasteiger partial charge in [0.25, 0.3) is 0 Å². The van der Waals surface area contributed by atoms with Crippen LogP contribution in [0.25, 0.3) is 0 Å². The summed E-state index contributed by atoms with van der Waals surface area (Å²) in [5.74, 6) is -0.367. The second-order valence-corrected chi connectivity index (χ2v) is 6.03. The predicted octanol–water partition coefficient (Wildman–Crippen LogP) is 4.16. The second-order valence-electron chi connectivity index (χ2n) is 4.70. The lowest BCUT2D eigenvalue weighted by molar-refractivity contribution is 0.0474. The predicted molar refractivity (Wildman–Crippen MR) is 93.3 cm³/mol. The molecule has 0 atom stereocenters. The molecule has 24 heavy (non-hydrogen) atoms. The zero-order valence-electron chi connectivity index (χ0n) is 13.0. The van der Waals surface area contributed by atoms with Gasteiger partial charge in [-0.3, -0.25) is 4.79 Å². The molecule has 126 valence electrons. The molecule has 2 aromatic carbocycles. The first-order valence-corrected chi connectivity index (χ1v) is 8.00. The third-order valence-electron chi connectivity index (χ3n) is 3.15. The molecule has 0 bridgehead atoms. The number of methoxy groups -OCH3 is 2. The molecular weight excluding hydrogens is 400 g/mol. The van der Waals surface area contributed by atoms with Gasteiger partial charge in [0.1, 0.15) is 0 Å². The van der Waals surface area contributed by atoms with Crippen molar-refractivity contribution in [1.82, 2.24) is 0 Å². The highest BCUT2D eigenvalue weighted by molar-refractivity contribution is 9.10. The van der Waals surface area contributed by atoms with Crippen molar-refractivity contribution in [2.45, 2.75) is 0 Å². The molecule has 0 amide bonds. The monoisotopic (exact) mass is 412 g/mol. The molecule has 2 aromatic rings. The zero-order chi connectivity index (χ0) is 17.7. The highest BCUT2D eigenvalue weighted by Gasteiger charge is 2.17. The highest BCUT2D eigenvalue weighted by atomic mass is 79.9. The molecular formula is C17H14BrClO5. The first kappa shape index (κ1) is 18.3. The standard InChI is InChI=1S/C17H14BrClO5/c1-22-15-8-11(7-13(19)16(15)23-2)17(21)24-9-14(20)10-4-3-5-12(18)6-10/h3-8H,9H2,1-2H3. The number of carbonyl (C=O) groups excluding carboxylic acids is 2. The fraction of sp³-hybridized carbons (Fsp3) is 0.176. The molecule has 0 aromatic heterocycles. The molecule has 0 spiro atoms. The van der Waals surface area contributed by atoms with Crippen LogP contribution in [0.1, 0.15) is 20.7 Å². The van der Waals surface area contributed by atoms with Gasteiger partial charge >= 0.3 is 5.97 Å². The van der Waals surface area contributed by atoms with Crippen LogP contribution in [0.3, 0.4) is 0 Å². The van der Waals surface area contributed by atoms with Crippen LogP contribution in [0.15, 0.2) is 40.9 Å². The number of benzene rings is 2. The van der Waals surface area contributed by atoms with Gasteiger partial charge < -0.3 is 14.2 Å². The molecule has 0 saturated heterocycles. The Morgan fingerprint density at radius 2 is 1.83 bits per heavy atom. The molecule has 0 fully saturated rings. The summed E-state index contributed by atoms with van der Waals surface area (Å²) in [6, 6.07) is 9.67. The van der Waals surface area contributed by atoms with E-state index in [1.165, 1.54) is 26.4 Å². The normalized spacial score (nSPS) is 10.2. The molecule has 0 aliphatic rings. The van der Waals surface area contributed by atoms with Crippen molar-refractivity contribution < 1.29 is 23.8 Å². The summed E-state index contributed by atoms with van der Waals surface area (Å²) in [5.41, 5.74) is 0.613. The molecule has 0 N–H and O–H groups in total. The van der Waals surface area contributed by atoms with Gasteiger partial charge in [-0.25, -0.2) is 4.79 Å². The van der Waals surface area contributed by atoms with E-state index in [-0.39, 0.29) is 23.0 Å². The minimum atomic E-state index is -0.679. The van der Waals surface area contributed by atoms with Crippen molar-refractivity contribution in [1.29, 1.82) is 0 Å². The van der Waals surface area contributed by atoms with Crippen molar-refractivity contribution in [3.63, 3.8) is 0 Å². The minimum absolute atomic E-state index is 0.166. The summed E-state index contributed by atoms with van der Waals surface area (Å²) in [6.07, 6.45) is 0. The van der Waals surface area contributed by atoms with E-state index in [0.29, 0.717) is 17.1 Å². The SMILES string of the molecule is COc1cc(C(=O)OCC(=O)c2cccc(Br)c2)cc(Cl)c1OC. The largest absolute Gasteiger partial charge is 0.493 e. The Kier molecular flexibility index (Phi) is 6.23. The number of Topliss-reactive ketones (excluding diaryl/α,β-unsaturated/α-hetero) is 1. The third kappa shape index (κ3) is 4.27. The van der Waals surface area contributed by atoms with Crippen molar-refractivity contribution in [2.24, 2.45) is 0 Å². The number of halogens is 2. The van der Waals surface area contributed by atoms with Gasteiger partial charge in [0.05, 0.1) is 24.8 Å². The Balaban J connectivity index is 2.10. The molecule has 7 heteroatoms. The van der Waals surface area contributed by atoms with Crippen molar-refractivity contribution in [3.05, 3.63) is 57.0 Å². The van der Waals surface area contributed by atoms with Crippen LogP contribution in [-0.4, -0.2) is 32.6 Å². The maximum absolute atomic E-state index is 12.1. The van der Waals surface area contributed by atoms with Gasteiger partial charge in [-0.05, 0) is 24.3 Å². The smallest absolute Gasteiger partial charge is 0.338 e. The van der Waals surface area contributed by atoms with Crippen LogP contribution in [-0.2, 0) is 4.74 Å².